The van der Waals surface area contributed by atoms with Gasteiger partial charge in [0.2, 0.25) is 0 Å². The van der Waals surface area contributed by atoms with E-state index < -0.39 is 12.0 Å². The Hall–Kier alpha value is -2.10. The van der Waals surface area contributed by atoms with E-state index in [4.69, 9.17) is 0 Å². The molecule has 0 amide bonds. The minimum Gasteiger partial charge on any atom is -0.480 e. The first-order valence-corrected chi connectivity index (χ1v) is 7.54. The second-order valence-electron chi connectivity index (χ2n) is 5.70. The molecule has 0 bridgehead atoms. The van der Waals surface area contributed by atoms with Crippen LogP contribution in [0.2, 0.25) is 0 Å². The van der Waals surface area contributed by atoms with Gasteiger partial charge in [0.25, 0.3) is 0 Å². The molecule has 4 nitrogen and oxygen atoms in total. The van der Waals surface area contributed by atoms with E-state index in [9.17, 15) is 9.90 Å². The standard InChI is InChI=1S/C17H20N2O2/c1-2-12-8-10-19(15(11-12)17(20)21)16-14-6-4-3-5-13(14)7-9-18-16/h3-7,9,12,15H,2,8,10-11H2,1H3,(H,20,21). The largest absolute Gasteiger partial charge is 0.480 e. The molecule has 2 heterocycles. The van der Waals surface area contributed by atoms with Gasteiger partial charge in [0.1, 0.15) is 11.9 Å². The molecule has 3 rings (SSSR count). The number of piperidine rings is 1. The van der Waals surface area contributed by atoms with Gasteiger partial charge in [-0.15, -0.1) is 0 Å². The highest BCUT2D eigenvalue weighted by atomic mass is 16.4. The molecular formula is C17H20N2O2. The quantitative estimate of drug-likeness (QED) is 0.939. The van der Waals surface area contributed by atoms with Crippen LogP contribution < -0.4 is 4.90 Å². The summed E-state index contributed by atoms with van der Waals surface area (Å²) in [4.78, 5) is 18.1. The van der Waals surface area contributed by atoms with E-state index in [2.05, 4.69) is 11.9 Å². The van der Waals surface area contributed by atoms with Gasteiger partial charge < -0.3 is 10.0 Å². The fraction of sp³-hybridized carbons (Fsp3) is 0.412. The molecule has 1 aliphatic rings. The summed E-state index contributed by atoms with van der Waals surface area (Å²) in [5, 5.41) is 11.7. The van der Waals surface area contributed by atoms with Crippen molar-refractivity contribution in [1.82, 2.24) is 4.98 Å². The van der Waals surface area contributed by atoms with Gasteiger partial charge in [-0.25, -0.2) is 9.78 Å². The van der Waals surface area contributed by atoms with E-state index in [1.807, 2.05) is 35.2 Å². The normalized spacial score (nSPS) is 22.4. The van der Waals surface area contributed by atoms with E-state index in [-0.39, 0.29) is 0 Å². The van der Waals surface area contributed by atoms with Gasteiger partial charge in [-0.1, -0.05) is 37.6 Å². The van der Waals surface area contributed by atoms with Crippen LogP contribution >= 0.6 is 0 Å². The Morgan fingerprint density at radius 3 is 2.95 bits per heavy atom. The molecule has 1 N–H and O–H groups in total. The van der Waals surface area contributed by atoms with Crippen molar-refractivity contribution in [2.75, 3.05) is 11.4 Å². The highest BCUT2D eigenvalue weighted by Gasteiger charge is 2.34. The molecule has 0 spiro atoms. The molecule has 0 aliphatic carbocycles. The summed E-state index contributed by atoms with van der Waals surface area (Å²) < 4.78 is 0. The first-order valence-electron chi connectivity index (χ1n) is 7.54. The number of aliphatic carboxylic acids is 1. The smallest absolute Gasteiger partial charge is 0.326 e. The van der Waals surface area contributed by atoms with E-state index in [1.165, 1.54) is 0 Å². The molecule has 0 radical (unpaired) electrons. The zero-order chi connectivity index (χ0) is 14.8. The number of fused-ring (bicyclic) bond motifs is 1. The van der Waals surface area contributed by atoms with Crippen molar-refractivity contribution < 1.29 is 9.90 Å². The molecule has 1 aromatic carbocycles. The maximum Gasteiger partial charge on any atom is 0.326 e. The number of hydrogen-bond donors (Lipinski definition) is 1. The number of carbonyl (C=O) groups is 1. The Bertz CT molecular complexity index is 651. The van der Waals surface area contributed by atoms with Crippen molar-refractivity contribution in [1.29, 1.82) is 0 Å². The fourth-order valence-corrected chi connectivity index (χ4v) is 3.23. The molecule has 1 saturated heterocycles. The van der Waals surface area contributed by atoms with Gasteiger partial charge >= 0.3 is 5.97 Å². The lowest BCUT2D eigenvalue weighted by molar-refractivity contribution is -0.139. The van der Waals surface area contributed by atoms with Gasteiger partial charge in [0.15, 0.2) is 0 Å². The van der Waals surface area contributed by atoms with Crippen molar-refractivity contribution in [2.45, 2.75) is 32.2 Å². The first-order chi connectivity index (χ1) is 10.2. The molecule has 2 unspecified atom stereocenters. The summed E-state index contributed by atoms with van der Waals surface area (Å²) in [6.07, 6.45) is 4.55. The Labute approximate surface area is 124 Å². The number of benzene rings is 1. The number of aromatic nitrogens is 1. The third kappa shape index (κ3) is 2.58. The van der Waals surface area contributed by atoms with Crippen molar-refractivity contribution in [3.05, 3.63) is 36.5 Å². The Morgan fingerprint density at radius 1 is 1.38 bits per heavy atom. The summed E-state index contributed by atoms with van der Waals surface area (Å²) in [6.45, 7) is 2.89. The minimum atomic E-state index is -0.747. The van der Waals surface area contributed by atoms with Gasteiger partial charge in [0, 0.05) is 18.1 Å². The fourth-order valence-electron chi connectivity index (χ4n) is 3.23. The van der Waals surface area contributed by atoms with Crippen molar-refractivity contribution in [3.63, 3.8) is 0 Å². The number of rotatable bonds is 3. The number of nitrogens with zero attached hydrogens (tertiary/aromatic N) is 2. The SMILES string of the molecule is CCC1CCN(c2nccc3ccccc23)C(C(=O)O)C1. The van der Waals surface area contributed by atoms with Gasteiger partial charge in [-0.3, -0.25) is 0 Å². The minimum absolute atomic E-state index is 0.470. The van der Waals surface area contributed by atoms with Crippen LogP contribution in [0.4, 0.5) is 5.82 Å². The second-order valence-corrected chi connectivity index (χ2v) is 5.70. The molecule has 1 fully saturated rings. The van der Waals surface area contributed by atoms with Crippen LogP contribution in [0.1, 0.15) is 26.2 Å². The zero-order valence-corrected chi connectivity index (χ0v) is 12.2. The molecule has 2 atom stereocenters. The van der Waals surface area contributed by atoms with Crippen LogP contribution in [-0.4, -0.2) is 28.6 Å². The highest BCUT2D eigenvalue weighted by molar-refractivity contribution is 5.93. The van der Waals surface area contributed by atoms with Crippen LogP contribution in [0.25, 0.3) is 10.8 Å². The lowest BCUT2D eigenvalue weighted by atomic mass is 9.88. The number of carboxylic acid groups (broad SMARTS) is 1. The third-order valence-electron chi connectivity index (χ3n) is 4.50. The molecule has 1 aromatic heterocycles. The van der Waals surface area contributed by atoms with Crippen molar-refractivity contribution >= 4 is 22.6 Å². The maximum atomic E-state index is 11.7. The van der Waals surface area contributed by atoms with Gasteiger partial charge in [-0.2, -0.15) is 0 Å². The second kappa shape index (κ2) is 5.72. The summed E-state index contributed by atoms with van der Waals surface area (Å²) >= 11 is 0. The summed E-state index contributed by atoms with van der Waals surface area (Å²) in [5.74, 6) is 0.551. The molecule has 1 aliphatic heterocycles. The highest BCUT2D eigenvalue weighted by Crippen LogP contribution is 2.32. The van der Waals surface area contributed by atoms with E-state index >= 15 is 0 Å². The number of pyridine rings is 1. The van der Waals surface area contributed by atoms with Crippen LogP contribution in [-0.2, 0) is 4.79 Å². The monoisotopic (exact) mass is 284 g/mol. The summed E-state index contributed by atoms with van der Waals surface area (Å²) in [6, 6.07) is 9.51. The number of carboxylic acids is 1. The topological polar surface area (TPSA) is 53.4 Å². The molecule has 4 heteroatoms. The summed E-state index contributed by atoms with van der Waals surface area (Å²) in [5.41, 5.74) is 0. The Kier molecular flexibility index (Phi) is 3.78. The first kappa shape index (κ1) is 13.9. The average Bonchev–Trinajstić information content (AvgIpc) is 2.53. The lowest BCUT2D eigenvalue weighted by Crippen LogP contribution is -2.47. The average molecular weight is 284 g/mol. The molecule has 110 valence electrons. The van der Waals surface area contributed by atoms with Crippen molar-refractivity contribution in [3.8, 4) is 0 Å². The van der Waals surface area contributed by atoms with Crippen LogP contribution in [0.15, 0.2) is 36.5 Å². The summed E-state index contributed by atoms with van der Waals surface area (Å²) in [7, 11) is 0. The maximum absolute atomic E-state index is 11.7. The number of anilines is 1. The molecule has 2 aromatic rings. The van der Waals surface area contributed by atoms with E-state index in [1.54, 1.807) is 6.20 Å². The van der Waals surface area contributed by atoms with Crippen LogP contribution in [0.5, 0.6) is 0 Å². The number of hydrogen-bond acceptors (Lipinski definition) is 3. The van der Waals surface area contributed by atoms with Crippen LogP contribution in [0.3, 0.4) is 0 Å². The predicted octanol–water partition coefficient (Wildman–Crippen LogP) is 3.31. The Balaban J connectivity index is 2.02. The zero-order valence-electron chi connectivity index (χ0n) is 12.2. The van der Waals surface area contributed by atoms with E-state index in [0.29, 0.717) is 12.3 Å². The molecule has 21 heavy (non-hydrogen) atoms. The van der Waals surface area contributed by atoms with Gasteiger partial charge in [-0.05, 0) is 30.2 Å². The predicted molar refractivity (Wildman–Crippen MR) is 83.5 cm³/mol. The molecule has 0 saturated carbocycles. The molecular weight excluding hydrogens is 264 g/mol. The Morgan fingerprint density at radius 2 is 2.19 bits per heavy atom. The lowest BCUT2D eigenvalue weighted by Gasteiger charge is -2.38. The van der Waals surface area contributed by atoms with Crippen molar-refractivity contribution in [2.24, 2.45) is 5.92 Å². The van der Waals surface area contributed by atoms with E-state index in [0.717, 1.165) is 36.0 Å². The van der Waals surface area contributed by atoms with Crippen LogP contribution in [0, 0.1) is 5.92 Å². The van der Waals surface area contributed by atoms with Gasteiger partial charge in [0.05, 0.1) is 0 Å². The third-order valence-corrected chi connectivity index (χ3v) is 4.50.